The van der Waals surface area contributed by atoms with Gasteiger partial charge in [-0.3, -0.25) is 4.79 Å². The van der Waals surface area contributed by atoms with Gasteiger partial charge in [-0.2, -0.15) is 13.2 Å². The molecule has 4 rings (SSSR count). The van der Waals surface area contributed by atoms with E-state index in [1.54, 1.807) is 19.1 Å². The Morgan fingerprint density at radius 1 is 1.14 bits per heavy atom. The fourth-order valence-electron chi connectivity index (χ4n) is 2.80. The number of nitrogens with one attached hydrogen (secondary N) is 1. The number of aryl methyl sites for hydroxylation is 1. The summed E-state index contributed by atoms with van der Waals surface area (Å²) in [6.07, 6.45) is -3.06. The molecule has 1 aromatic carbocycles. The van der Waals surface area contributed by atoms with Gasteiger partial charge in [0.2, 0.25) is 0 Å². The predicted octanol–water partition coefficient (Wildman–Crippen LogP) is 5.06. The lowest BCUT2D eigenvalue weighted by Crippen LogP contribution is -2.14. The molecule has 0 saturated heterocycles. The van der Waals surface area contributed by atoms with Gasteiger partial charge in [0.15, 0.2) is 5.76 Å². The Morgan fingerprint density at radius 3 is 2.68 bits per heavy atom. The molecule has 0 fully saturated rings. The van der Waals surface area contributed by atoms with Gasteiger partial charge in [0.05, 0.1) is 28.5 Å². The van der Waals surface area contributed by atoms with Crippen LogP contribution in [0.1, 0.15) is 21.6 Å². The van der Waals surface area contributed by atoms with Crippen LogP contribution >= 0.6 is 0 Å². The highest BCUT2D eigenvalue weighted by atomic mass is 19.4. The first-order chi connectivity index (χ1) is 13.3. The van der Waals surface area contributed by atoms with Crippen molar-refractivity contribution in [1.82, 2.24) is 10.1 Å². The second kappa shape index (κ2) is 6.52. The van der Waals surface area contributed by atoms with E-state index in [1.165, 1.54) is 24.5 Å². The molecule has 0 unspecified atom stereocenters. The van der Waals surface area contributed by atoms with E-state index in [1.807, 2.05) is 0 Å². The molecule has 3 aromatic heterocycles. The second-order valence-corrected chi connectivity index (χ2v) is 6.01. The van der Waals surface area contributed by atoms with Gasteiger partial charge in [0.25, 0.3) is 11.6 Å². The van der Waals surface area contributed by atoms with Crippen molar-refractivity contribution in [2.45, 2.75) is 13.1 Å². The smallest absolute Gasteiger partial charge is 0.416 e. The average molecular weight is 387 g/mol. The number of hydrogen-bond donors (Lipinski definition) is 1. The molecule has 28 heavy (non-hydrogen) atoms. The van der Waals surface area contributed by atoms with Crippen LogP contribution in [0.5, 0.6) is 0 Å². The summed E-state index contributed by atoms with van der Waals surface area (Å²) >= 11 is 0. The molecule has 4 aromatic rings. The van der Waals surface area contributed by atoms with Crippen LogP contribution in [-0.4, -0.2) is 16.0 Å². The molecule has 0 aliphatic carbocycles. The fraction of sp³-hybridized carbons (Fsp3) is 0.105. The van der Waals surface area contributed by atoms with Crippen LogP contribution in [0, 0.1) is 6.92 Å². The molecule has 0 aliphatic heterocycles. The van der Waals surface area contributed by atoms with E-state index in [9.17, 15) is 18.0 Å². The monoisotopic (exact) mass is 387 g/mol. The number of pyridine rings is 1. The van der Waals surface area contributed by atoms with Crippen LogP contribution in [0.15, 0.2) is 57.7 Å². The van der Waals surface area contributed by atoms with E-state index in [2.05, 4.69) is 15.5 Å². The number of hydrogen-bond acceptors (Lipinski definition) is 5. The SMILES string of the molecule is Cc1noc2nc(-c3ccco3)cc(C(=O)Nc3cccc(C(F)(F)F)c3)c12. The normalized spacial score (nSPS) is 11.7. The Morgan fingerprint density at radius 2 is 1.96 bits per heavy atom. The molecule has 142 valence electrons. The topological polar surface area (TPSA) is 81.2 Å². The minimum absolute atomic E-state index is 0.0124. The van der Waals surface area contributed by atoms with Crippen LogP contribution in [0.4, 0.5) is 18.9 Å². The lowest BCUT2D eigenvalue weighted by molar-refractivity contribution is -0.137. The third-order valence-electron chi connectivity index (χ3n) is 4.08. The first kappa shape index (κ1) is 17.8. The highest BCUT2D eigenvalue weighted by molar-refractivity contribution is 6.13. The molecule has 6 nitrogen and oxygen atoms in total. The number of halogens is 3. The molecule has 1 amide bonds. The van der Waals surface area contributed by atoms with Crippen LogP contribution in [0.25, 0.3) is 22.6 Å². The first-order valence-electron chi connectivity index (χ1n) is 8.12. The highest BCUT2D eigenvalue weighted by Gasteiger charge is 2.30. The molecule has 0 saturated carbocycles. The minimum atomic E-state index is -4.51. The maximum Gasteiger partial charge on any atom is 0.416 e. The van der Waals surface area contributed by atoms with Gasteiger partial charge in [-0.15, -0.1) is 0 Å². The van der Waals surface area contributed by atoms with E-state index < -0.39 is 17.6 Å². The zero-order valence-corrected chi connectivity index (χ0v) is 14.4. The summed E-state index contributed by atoms with van der Waals surface area (Å²) in [5.74, 6) is -0.213. The number of furan rings is 1. The van der Waals surface area contributed by atoms with Crippen LogP contribution < -0.4 is 5.32 Å². The Kier molecular flexibility index (Phi) is 4.14. The third-order valence-corrected chi connectivity index (χ3v) is 4.08. The molecule has 0 bridgehead atoms. The van der Waals surface area contributed by atoms with Gasteiger partial charge in [0.1, 0.15) is 5.69 Å². The molecule has 0 spiro atoms. The van der Waals surface area contributed by atoms with E-state index in [0.717, 1.165) is 12.1 Å². The Hall–Kier alpha value is -3.62. The lowest BCUT2D eigenvalue weighted by atomic mass is 10.1. The summed E-state index contributed by atoms with van der Waals surface area (Å²) in [5.41, 5.74) is 0.208. The van der Waals surface area contributed by atoms with E-state index >= 15 is 0 Å². The number of carbonyl (C=O) groups excluding carboxylic acids is 1. The standard InChI is InChI=1S/C19H12F3N3O3/c1-10-16-13(9-14(15-6-3-7-27-15)24-18(16)28-25-10)17(26)23-12-5-2-4-11(8-12)19(20,21)22/h2-9H,1H3,(H,23,26). The van der Waals surface area contributed by atoms with E-state index in [-0.39, 0.29) is 17.0 Å². The number of fused-ring (bicyclic) bond motifs is 1. The van der Waals surface area contributed by atoms with Gasteiger partial charge < -0.3 is 14.3 Å². The van der Waals surface area contributed by atoms with Crippen molar-refractivity contribution in [3.63, 3.8) is 0 Å². The van der Waals surface area contributed by atoms with Crippen LogP contribution in [0.3, 0.4) is 0 Å². The van der Waals surface area contributed by atoms with Crippen molar-refractivity contribution in [2.24, 2.45) is 0 Å². The van der Waals surface area contributed by atoms with Gasteiger partial charge in [0, 0.05) is 5.69 Å². The molecule has 3 heterocycles. The van der Waals surface area contributed by atoms with E-state index in [0.29, 0.717) is 22.5 Å². The van der Waals surface area contributed by atoms with Gasteiger partial charge in [-0.1, -0.05) is 11.2 Å². The number of rotatable bonds is 3. The predicted molar refractivity (Wildman–Crippen MR) is 93.6 cm³/mol. The third kappa shape index (κ3) is 3.22. The molecule has 1 N–H and O–H groups in total. The number of alkyl halides is 3. The molecule has 0 atom stereocenters. The first-order valence-corrected chi connectivity index (χ1v) is 8.12. The van der Waals surface area contributed by atoms with Crippen molar-refractivity contribution < 1.29 is 26.9 Å². The molecule has 0 radical (unpaired) electrons. The van der Waals surface area contributed by atoms with Crippen molar-refractivity contribution >= 4 is 22.7 Å². The summed E-state index contributed by atoms with van der Waals surface area (Å²) in [5, 5.41) is 6.68. The van der Waals surface area contributed by atoms with Gasteiger partial charge >= 0.3 is 6.18 Å². The zero-order chi connectivity index (χ0) is 19.9. The van der Waals surface area contributed by atoms with Crippen molar-refractivity contribution in [3.05, 3.63) is 65.5 Å². The Labute approximate surface area is 156 Å². The number of carbonyl (C=O) groups is 1. The van der Waals surface area contributed by atoms with Crippen LogP contribution in [0.2, 0.25) is 0 Å². The maximum absolute atomic E-state index is 12.9. The van der Waals surface area contributed by atoms with Gasteiger partial charge in [-0.25, -0.2) is 4.98 Å². The molecular formula is C19H12F3N3O3. The maximum atomic E-state index is 12.9. The van der Waals surface area contributed by atoms with Crippen molar-refractivity contribution in [1.29, 1.82) is 0 Å². The summed E-state index contributed by atoms with van der Waals surface area (Å²) in [7, 11) is 0. The second-order valence-electron chi connectivity index (χ2n) is 6.01. The molecular weight excluding hydrogens is 375 g/mol. The Balaban J connectivity index is 1.76. The quantitative estimate of drug-likeness (QED) is 0.531. The summed E-state index contributed by atoms with van der Waals surface area (Å²) in [6.45, 7) is 1.64. The summed E-state index contributed by atoms with van der Waals surface area (Å²) in [4.78, 5) is 17.1. The molecule has 9 heteroatoms. The number of benzene rings is 1. The number of aromatic nitrogens is 2. The van der Waals surface area contributed by atoms with Crippen LogP contribution in [-0.2, 0) is 6.18 Å². The van der Waals surface area contributed by atoms with Crippen molar-refractivity contribution in [3.8, 4) is 11.5 Å². The fourth-order valence-corrected chi connectivity index (χ4v) is 2.80. The summed E-state index contributed by atoms with van der Waals surface area (Å²) < 4.78 is 49.2. The largest absolute Gasteiger partial charge is 0.463 e. The number of amides is 1. The zero-order valence-electron chi connectivity index (χ0n) is 14.4. The minimum Gasteiger partial charge on any atom is -0.463 e. The summed E-state index contributed by atoms with van der Waals surface area (Å²) in [6, 6.07) is 9.19. The Bertz CT molecular complexity index is 1160. The van der Waals surface area contributed by atoms with E-state index in [4.69, 9.17) is 8.94 Å². The lowest BCUT2D eigenvalue weighted by Gasteiger charge is -2.10. The number of nitrogens with zero attached hydrogens (tertiary/aromatic N) is 2. The van der Waals surface area contributed by atoms with Gasteiger partial charge in [-0.05, 0) is 43.3 Å². The molecule has 0 aliphatic rings. The average Bonchev–Trinajstić information content (AvgIpc) is 3.31. The highest BCUT2D eigenvalue weighted by Crippen LogP contribution is 2.31. The van der Waals surface area contributed by atoms with Crippen molar-refractivity contribution in [2.75, 3.05) is 5.32 Å². The number of anilines is 1.